The van der Waals surface area contributed by atoms with Gasteiger partial charge in [0, 0.05) is 0 Å². The van der Waals surface area contributed by atoms with E-state index in [1.54, 1.807) is 0 Å². The van der Waals surface area contributed by atoms with Crippen molar-refractivity contribution in [3.63, 3.8) is 0 Å². The first kappa shape index (κ1) is 13.3. The standard InChI is InChI=1S/C14H24O2/c1-11(2)6-4-7-12(3)10-16-14(15)13-8-5-9-13/h6,12-13H,4-5,7-10H2,1-3H3/t12-/m1/s1. The predicted octanol–water partition coefficient (Wildman–Crippen LogP) is 3.71. The Balaban J connectivity index is 2.07. The average Bonchev–Trinajstić information content (AvgIpc) is 2.11. The second kappa shape index (κ2) is 6.72. The van der Waals surface area contributed by atoms with Gasteiger partial charge in [-0.15, -0.1) is 0 Å². The first-order valence-electron chi connectivity index (χ1n) is 6.39. The third-order valence-corrected chi connectivity index (χ3v) is 3.16. The fraction of sp³-hybridized carbons (Fsp3) is 0.786. The molecule has 1 aliphatic rings. The molecule has 1 saturated carbocycles. The summed E-state index contributed by atoms with van der Waals surface area (Å²) in [5.74, 6) is 0.713. The van der Waals surface area contributed by atoms with Crippen LogP contribution in [0, 0.1) is 11.8 Å². The third kappa shape index (κ3) is 4.82. The van der Waals surface area contributed by atoms with Crippen LogP contribution in [0.4, 0.5) is 0 Å². The van der Waals surface area contributed by atoms with Crippen molar-refractivity contribution in [2.45, 2.75) is 52.9 Å². The summed E-state index contributed by atoms with van der Waals surface area (Å²) in [6.45, 7) is 6.96. The van der Waals surface area contributed by atoms with E-state index in [0.29, 0.717) is 12.5 Å². The Labute approximate surface area is 99.1 Å². The van der Waals surface area contributed by atoms with Gasteiger partial charge in [-0.3, -0.25) is 4.79 Å². The predicted molar refractivity (Wildman–Crippen MR) is 66.1 cm³/mol. The molecule has 0 saturated heterocycles. The maximum Gasteiger partial charge on any atom is 0.308 e. The lowest BCUT2D eigenvalue weighted by atomic mass is 9.86. The normalized spacial score (nSPS) is 17.4. The Morgan fingerprint density at radius 2 is 2.12 bits per heavy atom. The summed E-state index contributed by atoms with van der Waals surface area (Å²) in [5.41, 5.74) is 1.36. The average molecular weight is 224 g/mol. The highest BCUT2D eigenvalue weighted by Gasteiger charge is 2.26. The fourth-order valence-corrected chi connectivity index (χ4v) is 1.73. The number of allylic oxidation sites excluding steroid dienone is 2. The minimum atomic E-state index is 0.0281. The van der Waals surface area contributed by atoms with Crippen molar-refractivity contribution in [3.8, 4) is 0 Å². The van der Waals surface area contributed by atoms with Crippen molar-refractivity contribution in [2.24, 2.45) is 11.8 Å². The smallest absolute Gasteiger partial charge is 0.308 e. The Hall–Kier alpha value is -0.790. The van der Waals surface area contributed by atoms with Crippen molar-refractivity contribution in [2.75, 3.05) is 6.61 Å². The Kier molecular flexibility index (Phi) is 5.58. The summed E-state index contributed by atoms with van der Waals surface area (Å²) in [7, 11) is 0. The second-order valence-corrected chi connectivity index (χ2v) is 5.22. The molecule has 2 heteroatoms. The lowest BCUT2D eigenvalue weighted by Crippen LogP contribution is -2.25. The zero-order chi connectivity index (χ0) is 12.0. The van der Waals surface area contributed by atoms with Gasteiger partial charge in [-0.1, -0.05) is 25.0 Å². The molecule has 0 aromatic heterocycles. The van der Waals surface area contributed by atoms with E-state index in [1.165, 1.54) is 12.0 Å². The second-order valence-electron chi connectivity index (χ2n) is 5.22. The van der Waals surface area contributed by atoms with Gasteiger partial charge in [0.2, 0.25) is 0 Å². The van der Waals surface area contributed by atoms with Gasteiger partial charge in [0.25, 0.3) is 0 Å². The number of carbonyl (C=O) groups is 1. The van der Waals surface area contributed by atoms with Crippen LogP contribution >= 0.6 is 0 Å². The van der Waals surface area contributed by atoms with E-state index in [1.807, 2.05) is 0 Å². The van der Waals surface area contributed by atoms with Crippen LogP contribution in [0.5, 0.6) is 0 Å². The van der Waals surface area contributed by atoms with Crippen LogP contribution < -0.4 is 0 Å². The molecular weight excluding hydrogens is 200 g/mol. The molecular formula is C14H24O2. The molecule has 0 bridgehead atoms. The van der Waals surface area contributed by atoms with Gasteiger partial charge in [-0.2, -0.15) is 0 Å². The minimum Gasteiger partial charge on any atom is -0.465 e. The molecule has 0 aromatic rings. The Morgan fingerprint density at radius 1 is 1.44 bits per heavy atom. The highest BCUT2D eigenvalue weighted by molar-refractivity contribution is 5.73. The largest absolute Gasteiger partial charge is 0.465 e. The molecule has 1 rings (SSSR count). The molecule has 2 nitrogen and oxygen atoms in total. The highest BCUT2D eigenvalue weighted by Crippen LogP contribution is 2.27. The molecule has 0 radical (unpaired) electrons. The van der Waals surface area contributed by atoms with Crippen LogP contribution in [0.15, 0.2) is 11.6 Å². The molecule has 0 N–H and O–H groups in total. The van der Waals surface area contributed by atoms with Crippen molar-refractivity contribution in [1.29, 1.82) is 0 Å². The lowest BCUT2D eigenvalue weighted by Gasteiger charge is -2.23. The third-order valence-electron chi connectivity index (χ3n) is 3.16. The molecule has 92 valence electrons. The SMILES string of the molecule is CC(C)=CCC[C@@H](C)COC(=O)C1CCC1. The van der Waals surface area contributed by atoms with Crippen LogP contribution in [0.1, 0.15) is 52.9 Å². The number of esters is 1. The van der Waals surface area contributed by atoms with Crippen LogP contribution in [-0.2, 0) is 9.53 Å². The van der Waals surface area contributed by atoms with E-state index in [2.05, 4.69) is 26.8 Å². The van der Waals surface area contributed by atoms with Crippen LogP contribution in [-0.4, -0.2) is 12.6 Å². The van der Waals surface area contributed by atoms with Crippen molar-refractivity contribution >= 4 is 5.97 Å². The van der Waals surface area contributed by atoms with Gasteiger partial charge in [0.15, 0.2) is 0 Å². The summed E-state index contributed by atoms with van der Waals surface area (Å²) >= 11 is 0. The Bertz CT molecular complexity index is 247. The monoisotopic (exact) mass is 224 g/mol. The lowest BCUT2D eigenvalue weighted by molar-refractivity contribution is -0.152. The molecule has 0 unspecified atom stereocenters. The zero-order valence-corrected chi connectivity index (χ0v) is 10.8. The van der Waals surface area contributed by atoms with E-state index in [0.717, 1.165) is 25.7 Å². The zero-order valence-electron chi connectivity index (χ0n) is 10.8. The number of ether oxygens (including phenoxy) is 1. The molecule has 0 aromatic carbocycles. The highest BCUT2D eigenvalue weighted by atomic mass is 16.5. The Morgan fingerprint density at radius 3 is 2.62 bits per heavy atom. The summed E-state index contributed by atoms with van der Waals surface area (Å²) < 4.78 is 5.31. The van der Waals surface area contributed by atoms with E-state index in [4.69, 9.17) is 4.74 Å². The molecule has 1 fully saturated rings. The molecule has 0 aliphatic heterocycles. The maximum absolute atomic E-state index is 11.5. The molecule has 0 spiro atoms. The molecule has 1 aliphatic carbocycles. The number of hydrogen-bond donors (Lipinski definition) is 0. The van der Waals surface area contributed by atoms with Gasteiger partial charge >= 0.3 is 5.97 Å². The van der Waals surface area contributed by atoms with Gasteiger partial charge in [0.1, 0.15) is 0 Å². The quantitative estimate of drug-likeness (QED) is 0.508. The number of carbonyl (C=O) groups excluding carboxylic acids is 1. The van der Waals surface area contributed by atoms with Crippen LogP contribution in [0.3, 0.4) is 0 Å². The number of rotatable bonds is 6. The van der Waals surface area contributed by atoms with Gasteiger partial charge in [-0.25, -0.2) is 0 Å². The van der Waals surface area contributed by atoms with E-state index >= 15 is 0 Å². The molecule has 1 atom stereocenters. The summed E-state index contributed by atoms with van der Waals surface area (Å²) in [5, 5.41) is 0. The van der Waals surface area contributed by atoms with Gasteiger partial charge < -0.3 is 4.74 Å². The summed E-state index contributed by atoms with van der Waals surface area (Å²) in [6, 6.07) is 0. The topological polar surface area (TPSA) is 26.3 Å². The van der Waals surface area contributed by atoms with E-state index in [9.17, 15) is 4.79 Å². The van der Waals surface area contributed by atoms with Crippen molar-refractivity contribution < 1.29 is 9.53 Å². The molecule has 0 heterocycles. The fourth-order valence-electron chi connectivity index (χ4n) is 1.73. The van der Waals surface area contributed by atoms with Crippen molar-refractivity contribution in [3.05, 3.63) is 11.6 Å². The summed E-state index contributed by atoms with van der Waals surface area (Å²) in [6.07, 6.45) is 7.68. The van der Waals surface area contributed by atoms with Crippen LogP contribution in [0.2, 0.25) is 0 Å². The number of hydrogen-bond acceptors (Lipinski definition) is 2. The summed E-state index contributed by atoms with van der Waals surface area (Å²) in [4.78, 5) is 11.5. The molecule has 0 amide bonds. The minimum absolute atomic E-state index is 0.0281. The van der Waals surface area contributed by atoms with Gasteiger partial charge in [0.05, 0.1) is 12.5 Å². The van der Waals surface area contributed by atoms with Crippen LogP contribution in [0.25, 0.3) is 0 Å². The first-order chi connectivity index (χ1) is 7.59. The first-order valence-corrected chi connectivity index (χ1v) is 6.39. The molecule has 16 heavy (non-hydrogen) atoms. The van der Waals surface area contributed by atoms with Crippen molar-refractivity contribution in [1.82, 2.24) is 0 Å². The maximum atomic E-state index is 11.5. The van der Waals surface area contributed by atoms with E-state index < -0.39 is 0 Å². The van der Waals surface area contributed by atoms with Gasteiger partial charge in [-0.05, 0) is 45.4 Å². The van der Waals surface area contributed by atoms with E-state index in [-0.39, 0.29) is 11.9 Å².